The Kier molecular flexibility index (Phi) is 4.06. The van der Waals surface area contributed by atoms with Gasteiger partial charge in [0.1, 0.15) is 5.76 Å². The molecule has 18 heavy (non-hydrogen) atoms. The van der Waals surface area contributed by atoms with Gasteiger partial charge < -0.3 is 14.9 Å². The lowest BCUT2D eigenvalue weighted by atomic mass is 9.90. The molecule has 1 heterocycles. The summed E-state index contributed by atoms with van der Waals surface area (Å²) in [6.45, 7) is 2.77. The average molecular weight is 274 g/mol. The third-order valence-electron chi connectivity index (χ3n) is 2.92. The lowest BCUT2D eigenvalue weighted by Crippen LogP contribution is -2.47. The van der Waals surface area contributed by atoms with E-state index in [9.17, 15) is 8.42 Å². The third-order valence-corrected chi connectivity index (χ3v) is 4.31. The first kappa shape index (κ1) is 13.5. The molecule has 2 rings (SSSR count). The van der Waals surface area contributed by atoms with Crippen molar-refractivity contribution in [2.75, 3.05) is 6.61 Å². The number of ether oxygens (including phenoxy) is 1. The van der Waals surface area contributed by atoms with Crippen molar-refractivity contribution in [3.8, 4) is 0 Å². The molecular weight excluding hydrogens is 256 g/mol. The van der Waals surface area contributed by atoms with E-state index < -0.39 is 10.0 Å². The predicted octanol–water partition coefficient (Wildman–Crippen LogP) is 0.584. The summed E-state index contributed by atoms with van der Waals surface area (Å²) in [6.07, 6.45) is 1.58. The summed E-state index contributed by atoms with van der Waals surface area (Å²) in [5.74, 6) is 0.455. The van der Waals surface area contributed by atoms with Crippen LogP contribution in [0.25, 0.3) is 0 Å². The second-order valence-electron chi connectivity index (χ2n) is 4.29. The average Bonchev–Trinajstić information content (AvgIpc) is 2.75. The van der Waals surface area contributed by atoms with Crippen molar-refractivity contribution in [1.29, 1.82) is 0 Å². The van der Waals surface area contributed by atoms with Crippen molar-refractivity contribution >= 4 is 10.0 Å². The molecule has 0 amide bonds. The van der Waals surface area contributed by atoms with E-state index in [1.54, 1.807) is 6.07 Å². The van der Waals surface area contributed by atoms with Gasteiger partial charge in [0.05, 0.1) is 12.6 Å². The van der Waals surface area contributed by atoms with Crippen LogP contribution >= 0.6 is 0 Å². The molecule has 0 atom stereocenters. The summed E-state index contributed by atoms with van der Waals surface area (Å²) in [7, 11) is -3.58. The molecule has 1 aromatic heterocycles. The highest BCUT2D eigenvalue weighted by Crippen LogP contribution is 2.25. The summed E-state index contributed by atoms with van der Waals surface area (Å²) in [4.78, 5) is 0. The van der Waals surface area contributed by atoms with Crippen LogP contribution in [0.5, 0.6) is 0 Å². The number of hydrogen-bond acceptors (Lipinski definition) is 5. The molecule has 0 bridgehead atoms. The van der Waals surface area contributed by atoms with Crippen molar-refractivity contribution in [1.82, 2.24) is 4.72 Å². The van der Waals surface area contributed by atoms with E-state index in [0.717, 1.165) is 0 Å². The Balaban J connectivity index is 1.92. The van der Waals surface area contributed by atoms with Gasteiger partial charge in [-0.05, 0) is 31.9 Å². The number of sulfonamides is 1. The molecule has 0 aliphatic heterocycles. The highest BCUT2D eigenvalue weighted by atomic mass is 32.2. The van der Waals surface area contributed by atoms with E-state index in [1.807, 2.05) is 6.92 Å². The maximum absolute atomic E-state index is 11.9. The minimum absolute atomic E-state index is 0.0713. The number of nitrogens with one attached hydrogen (secondary N) is 1. The third kappa shape index (κ3) is 2.92. The molecule has 7 heteroatoms. The van der Waals surface area contributed by atoms with E-state index >= 15 is 0 Å². The van der Waals surface area contributed by atoms with Crippen LogP contribution in [-0.4, -0.2) is 27.2 Å². The summed E-state index contributed by atoms with van der Waals surface area (Å²) >= 11 is 0. The Labute approximate surface area is 107 Å². The first-order valence-corrected chi connectivity index (χ1v) is 7.46. The molecule has 0 spiro atoms. The SMILES string of the molecule is CCOC1CC(NS(=O)(=O)c2ccc(CN)o2)C1. The quantitative estimate of drug-likeness (QED) is 0.791. The second-order valence-corrected chi connectivity index (χ2v) is 5.94. The van der Waals surface area contributed by atoms with E-state index in [0.29, 0.717) is 25.2 Å². The van der Waals surface area contributed by atoms with E-state index in [1.165, 1.54) is 6.07 Å². The van der Waals surface area contributed by atoms with Gasteiger partial charge >= 0.3 is 0 Å². The summed E-state index contributed by atoms with van der Waals surface area (Å²) in [6, 6.07) is 2.92. The Morgan fingerprint density at radius 2 is 2.22 bits per heavy atom. The minimum Gasteiger partial charge on any atom is -0.447 e. The van der Waals surface area contributed by atoms with E-state index in [2.05, 4.69) is 4.72 Å². The first-order chi connectivity index (χ1) is 8.55. The van der Waals surface area contributed by atoms with Crippen molar-refractivity contribution in [2.24, 2.45) is 5.73 Å². The standard InChI is InChI=1S/C11H18N2O4S/c1-2-16-10-5-8(6-10)13-18(14,15)11-4-3-9(7-12)17-11/h3-4,8,10,13H,2,5-7,12H2,1H3. The molecule has 1 aliphatic rings. The van der Waals surface area contributed by atoms with Crippen LogP contribution in [0.15, 0.2) is 21.6 Å². The Morgan fingerprint density at radius 3 is 2.78 bits per heavy atom. The van der Waals surface area contributed by atoms with Gasteiger partial charge in [0.2, 0.25) is 5.09 Å². The van der Waals surface area contributed by atoms with Crippen molar-refractivity contribution in [3.63, 3.8) is 0 Å². The zero-order valence-electron chi connectivity index (χ0n) is 10.3. The van der Waals surface area contributed by atoms with Gasteiger partial charge in [0.15, 0.2) is 0 Å². The second kappa shape index (κ2) is 5.40. The molecule has 3 N–H and O–H groups in total. The van der Waals surface area contributed by atoms with Gasteiger partial charge in [-0.25, -0.2) is 13.1 Å². The molecule has 1 aliphatic carbocycles. The topological polar surface area (TPSA) is 94.6 Å². The fourth-order valence-corrected chi connectivity index (χ4v) is 3.13. The van der Waals surface area contributed by atoms with Crippen molar-refractivity contribution in [2.45, 2.75) is 43.5 Å². The molecule has 0 unspecified atom stereocenters. The number of hydrogen-bond donors (Lipinski definition) is 2. The van der Waals surface area contributed by atoms with Gasteiger partial charge in [-0.1, -0.05) is 0 Å². The Bertz CT molecular complexity index is 491. The molecule has 0 aromatic carbocycles. The first-order valence-electron chi connectivity index (χ1n) is 5.98. The van der Waals surface area contributed by atoms with E-state index in [-0.39, 0.29) is 23.8 Å². The normalized spacial score (nSPS) is 23.9. The van der Waals surface area contributed by atoms with Crippen LogP contribution in [0, 0.1) is 0 Å². The van der Waals surface area contributed by atoms with Crippen LogP contribution < -0.4 is 10.5 Å². The zero-order chi connectivity index (χ0) is 13.2. The zero-order valence-corrected chi connectivity index (χ0v) is 11.1. The van der Waals surface area contributed by atoms with Gasteiger partial charge in [0, 0.05) is 12.6 Å². The molecule has 1 saturated carbocycles. The van der Waals surface area contributed by atoms with Gasteiger partial charge in [-0.15, -0.1) is 0 Å². The maximum Gasteiger partial charge on any atom is 0.274 e. The van der Waals surface area contributed by atoms with Gasteiger partial charge in [-0.3, -0.25) is 0 Å². The molecule has 1 aromatic rings. The molecule has 0 saturated heterocycles. The molecule has 102 valence electrons. The smallest absolute Gasteiger partial charge is 0.274 e. The van der Waals surface area contributed by atoms with Gasteiger partial charge in [-0.2, -0.15) is 0 Å². The van der Waals surface area contributed by atoms with E-state index in [4.69, 9.17) is 14.9 Å². The Morgan fingerprint density at radius 1 is 1.50 bits per heavy atom. The Hall–Kier alpha value is -0.890. The summed E-state index contributed by atoms with van der Waals surface area (Å²) in [5.41, 5.74) is 5.37. The maximum atomic E-state index is 11.9. The molecule has 6 nitrogen and oxygen atoms in total. The van der Waals surface area contributed by atoms with Crippen LogP contribution in [-0.2, 0) is 21.3 Å². The van der Waals surface area contributed by atoms with Crippen LogP contribution in [0.1, 0.15) is 25.5 Å². The molecular formula is C11H18N2O4S. The van der Waals surface area contributed by atoms with Gasteiger partial charge in [0.25, 0.3) is 10.0 Å². The molecule has 0 radical (unpaired) electrons. The largest absolute Gasteiger partial charge is 0.447 e. The highest BCUT2D eigenvalue weighted by Gasteiger charge is 2.34. The lowest BCUT2D eigenvalue weighted by molar-refractivity contribution is -0.00483. The van der Waals surface area contributed by atoms with Crippen molar-refractivity contribution < 1.29 is 17.6 Å². The summed E-state index contributed by atoms with van der Waals surface area (Å²) < 4.78 is 37.0. The minimum atomic E-state index is -3.58. The lowest BCUT2D eigenvalue weighted by Gasteiger charge is -2.34. The summed E-state index contributed by atoms with van der Waals surface area (Å²) in [5, 5.41) is -0.0807. The number of rotatable bonds is 6. The van der Waals surface area contributed by atoms with Crippen LogP contribution in [0.2, 0.25) is 0 Å². The fourth-order valence-electron chi connectivity index (χ4n) is 1.92. The van der Waals surface area contributed by atoms with Crippen LogP contribution in [0.4, 0.5) is 0 Å². The number of furan rings is 1. The fraction of sp³-hybridized carbons (Fsp3) is 0.636. The number of nitrogens with two attached hydrogens (primary N) is 1. The monoisotopic (exact) mass is 274 g/mol. The van der Waals surface area contributed by atoms with Crippen LogP contribution in [0.3, 0.4) is 0 Å². The van der Waals surface area contributed by atoms with Crippen molar-refractivity contribution in [3.05, 3.63) is 17.9 Å². The predicted molar refractivity (Wildman–Crippen MR) is 65.4 cm³/mol. The molecule has 1 fully saturated rings. The highest BCUT2D eigenvalue weighted by molar-refractivity contribution is 7.89.